The highest BCUT2D eigenvalue weighted by molar-refractivity contribution is 6.34. The molecule has 1 rings (SSSR count). The van der Waals surface area contributed by atoms with Gasteiger partial charge in [-0.2, -0.15) is 0 Å². The summed E-state index contributed by atoms with van der Waals surface area (Å²) >= 11 is 0. The van der Waals surface area contributed by atoms with Gasteiger partial charge in [0.2, 0.25) is 0 Å². The highest BCUT2D eigenvalue weighted by Crippen LogP contribution is 2.39. The van der Waals surface area contributed by atoms with Crippen LogP contribution in [0.3, 0.4) is 0 Å². The zero-order valence-corrected chi connectivity index (χ0v) is 15.2. The van der Waals surface area contributed by atoms with Gasteiger partial charge in [-0.3, -0.25) is 19.2 Å². The summed E-state index contributed by atoms with van der Waals surface area (Å²) in [5, 5.41) is 10.9. The maximum atomic E-state index is 12.6. The predicted molar refractivity (Wildman–Crippen MR) is 90.3 cm³/mol. The average Bonchev–Trinajstić information content (AvgIpc) is 2.70. The SMILES string of the molecule is CCC(=O)C1C(=O)[C@@H](CCC(C)C)C(O)(C(=O)/C=C/C(C)C)C1=O. The van der Waals surface area contributed by atoms with Crippen molar-refractivity contribution in [3.63, 3.8) is 0 Å². The van der Waals surface area contributed by atoms with Crippen molar-refractivity contribution in [3.05, 3.63) is 12.2 Å². The van der Waals surface area contributed by atoms with Crippen molar-refractivity contribution in [1.82, 2.24) is 0 Å². The molecule has 0 aromatic carbocycles. The van der Waals surface area contributed by atoms with E-state index in [4.69, 9.17) is 0 Å². The first kappa shape index (κ1) is 20.4. The lowest BCUT2D eigenvalue weighted by atomic mass is 9.81. The van der Waals surface area contributed by atoms with Crippen molar-refractivity contribution >= 4 is 23.1 Å². The van der Waals surface area contributed by atoms with Crippen LogP contribution in [0.25, 0.3) is 0 Å². The smallest absolute Gasteiger partial charge is 0.196 e. The van der Waals surface area contributed by atoms with Crippen LogP contribution in [-0.4, -0.2) is 33.8 Å². The van der Waals surface area contributed by atoms with Crippen molar-refractivity contribution in [3.8, 4) is 0 Å². The lowest BCUT2D eigenvalue weighted by Gasteiger charge is -2.25. The van der Waals surface area contributed by atoms with E-state index >= 15 is 0 Å². The highest BCUT2D eigenvalue weighted by atomic mass is 16.3. The van der Waals surface area contributed by atoms with E-state index in [0.717, 1.165) is 6.08 Å². The first-order valence-corrected chi connectivity index (χ1v) is 8.63. The van der Waals surface area contributed by atoms with Crippen LogP contribution in [-0.2, 0) is 19.2 Å². The normalized spacial score (nSPS) is 27.7. The molecule has 24 heavy (non-hydrogen) atoms. The molecule has 1 N–H and O–H groups in total. The quantitative estimate of drug-likeness (QED) is 0.543. The van der Waals surface area contributed by atoms with E-state index in [1.165, 1.54) is 0 Å². The molecule has 1 saturated carbocycles. The van der Waals surface area contributed by atoms with Crippen LogP contribution in [0.5, 0.6) is 0 Å². The molecular weight excluding hydrogens is 308 g/mol. The molecule has 0 aromatic heterocycles. The first-order valence-electron chi connectivity index (χ1n) is 8.63. The molecule has 5 nitrogen and oxygen atoms in total. The fourth-order valence-electron chi connectivity index (χ4n) is 2.99. The van der Waals surface area contributed by atoms with Crippen LogP contribution in [0.1, 0.15) is 53.9 Å². The fraction of sp³-hybridized carbons (Fsp3) is 0.684. The molecular formula is C19H28O5. The van der Waals surface area contributed by atoms with E-state index in [-0.39, 0.29) is 24.7 Å². The third-order valence-corrected chi connectivity index (χ3v) is 4.48. The molecule has 0 saturated heterocycles. The number of hydrogen-bond donors (Lipinski definition) is 1. The standard InChI is InChI=1S/C19H28O5/c1-6-14(20)16-17(22)13(9-7-11(2)3)19(24,18(16)23)15(21)10-8-12(4)5/h8,10-13,16,24H,6-7,9H2,1-5H3/b10-8+/t13-,16?,19?/m1/s1. The Balaban J connectivity index is 3.28. The van der Waals surface area contributed by atoms with Gasteiger partial charge in [-0.25, -0.2) is 0 Å². The second-order valence-electron chi connectivity index (χ2n) is 7.28. The van der Waals surface area contributed by atoms with E-state index in [0.29, 0.717) is 6.42 Å². The maximum Gasteiger partial charge on any atom is 0.196 e. The minimum atomic E-state index is -2.41. The zero-order chi connectivity index (χ0) is 18.7. The Morgan fingerprint density at radius 1 is 1.21 bits per heavy atom. The van der Waals surface area contributed by atoms with Gasteiger partial charge in [0.15, 0.2) is 28.7 Å². The van der Waals surface area contributed by atoms with Gasteiger partial charge in [0, 0.05) is 6.42 Å². The monoisotopic (exact) mass is 336 g/mol. The van der Waals surface area contributed by atoms with Gasteiger partial charge in [-0.05, 0) is 24.3 Å². The molecule has 0 radical (unpaired) electrons. The van der Waals surface area contributed by atoms with Crippen LogP contribution in [0.2, 0.25) is 0 Å². The molecule has 2 unspecified atom stereocenters. The average molecular weight is 336 g/mol. The Labute approximate surface area is 143 Å². The molecule has 134 valence electrons. The number of Topliss-reactive ketones (excluding diaryl/α,β-unsaturated/α-hetero) is 3. The second kappa shape index (κ2) is 7.97. The number of rotatable bonds is 8. The van der Waals surface area contributed by atoms with Gasteiger partial charge in [0.1, 0.15) is 5.92 Å². The third-order valence-electron chi connectivity index (χ3n) is 4.48. The molecule has 0 aromatic rings. The van der Waals surface area contributed by atoms with Gasteiger partial charge in [0.25, 0.3) is 0 Å². The maximum absolute atomic E-state index is 12.6. The number of carbonyl (C=O) groups excluding carboxylic acids is 4. The molecule has 5 heteroatoms. The summed E-state index contributed by atoms with van der Waals surface area (Å²) in [4.78, 5) is 49.8. The first-order chi connectivity index (χ1) is 11.1. The largest absolute Gasteiger partial charge is 0.374 e. The molecule has 1 fully saturated rings. The number of carbonyl (C=O) groups is 4. The Hall–Kier alpha value is -1.62. The molecule has 0 aliphatic heterocycles. The van der Waals surface area contributed by atoms with Gasteiger partial charge in [-0.15, -0.1) is 0 Å². The van der Waals surface area contributed by atoms with Gasteiger partial charge >= 0.3 is 0 Å². The third kappa shape index (κ3) is 3.89. The lowest BCUT2D eigenvalue weighted by Crippen LogP contribution is -2.49. The van der Waals surface area contributed by atoms with Crippen molar-refractivity contribution < 1.29 is 24.3 Å². The van der Waals surface area contributed by atoms with Crippen molar-refractivity contribution in [2.75, 3.05) is 0 Å². The highest BCUT2D eigenvalue weighted by Gasteiger charge is 2.63. The van der Waals surface area contributed by atoms with E-state index < -0.39 is 40.6 Å². The Morgan fingerprint density at radius 2 is 1.79 bits per heavy atom. The molecule has 0 bridgehead atoms. The van der Waals surface area contributed by atoms with Crippen molar-refractivity contribution in [2.45, 2.75) is 59.5 Å². The predicted octanol–water partition coefficient (Wildman–Crippen LogP) is 2.30. The van der Waals surface area contributed by atoms with Crippen molar-refractivity contribution in [2.24, 2.45) is 23.7 Å². The minimum absolute atomic E-state index is 0.0190. The number of allylic oxidation sites excluding steroid dienone is 1. The van der Waals surface area contributed by atoms with Crippen LogP contribution < -0.4 is 0 Å². The van der Waals surface area contributed by atoms with Gasteiger partial charge < -0.3 is 5.11 Å². The summed E-state index contributed by atoms with van der Waals surface area (Å²) < 4.78 is 0. The second-order valence-corrected chi connectivity index (χ2v) is 7.28. The summed E-state index contributed by atoms with van der Waals surface area (Å²) in [5.41, 5.74) is -2.41. The number of aliphatic hydroxyl groups is 1. The minimum Gasteiger partial charge on any atom is -0.374 e. The summed E-state index contributed by atoms with van der Waals surface area (Å²) in [6.45, 7) is 9.18. The summed E-state index contributed by atoms with van der Waals surface area (Å²) in [6.07, 6.45) is 3.56. The Bertz CT molecular complexity index is 558. The molecule has 1 aliphatic rings. The van der Waals surface area contributed by atoms with E-state index in [9.17, 15) is 24.3 Å². The van der Waals surface area contributed by atoms with Crippen molar-refractivity contribution in [1.29, 1.82) is 0 Å². The molecule has 1 aliphatic carbocycles. The van der Waals surface area contributed by atoms with Crippen LogP contribution >= 0.6 is 0 Å². The van der Waals surface area contributed by atoms with E-state index in [2.05, 4.69) is 0 Å². The molecule has 3 atom stereocenters. The molecule has 0 heterocycles. The zero-order valence-electron chi connectivity index (χ0n) is 15.2. The van der Waals surface area contributed by atoms with E-state index in [1.807, 2.05) is 27.7 Å². The summed E-state index contributed by atoms with van der Waals surface area (Å²) in [5.74, 6) is -5.23. The van der Waals surface area contributed by atoms with Crippen LogP contribution in [0.15, 0.2) is 12.2 Å². The number of hydrogen-bond acceptors (Lipinski definition) is 5. The van der Waals surface area contributed by atoms with Gasteiger partial charge in [0.05, 0.1) is 5.92 Å². The molecule has 0 spiro atoms. The summed E-state index contributed by atoms with van der Waals surface area (Å²) in [6, 6.07) is 0. The van der Waals surface area contributed by atoms with E-state index in [1.54, 1.807) is 13.0 Å². The number of ketones is 4. The fourth-order valence-corrected chi connectivity index (χ4v) is 2.99. The Kier molecular flexibility index (Phi) is 6.78. The van der Waals surface area contributed by atoms with Gasteiger partial charge in [-0.1, -0.05) is 47.1 Å². The lowest BCUT2D eigenvalue weighted by molar-refractivity contribution is -0.151. The van der Waals surface area contributed by atoms with Crippen LogP contribution in [0, 0.1) is 23.7 Å². The van der Waals surface area contributed by atoms with Crippen LogP contribution in [0.4, 0.5) is 0 Å². The summed E-state index contributed by atoms with van der Waals surface area (Å²) in [7, 11) is 0. The topological polar surface area (TPSA) is 88.5 Å². The molecule has 0 amide bonds. The Morgan fingerprint density at radius 3 is 2.25 bits per heavy atom.